The SMILES string of the molecule is Cc1ccc(NS(=O)(=O)c2cccc(C(=O)N(C)CC(=O)Nc3cccc(Cl)c3)c2)cc1. The van der Waals surface area contributed by atoms with E-state index >= 15 is 0 Å². The van der Waals surface area contributed by atoms with Crippen LogP contribution in [0, 0.1) is 6.92 Å². The molecule has 2 amide bonds. The van der Waals surface area contributed by atoms with E-state index in [1.54, 1.807) is 48.5 Å². The maximum atomic E-state index is 12.8. The van der Waals surface area contributed by atoms with Crippen molar-refractivity contribution in [2.45, 2.75) is 11.8 Å². The van der Waals surface area contributed by atoms with Crippen molar-refractivity contribution in [2.75, 3.05) is 23.6 Å². The van der Waals surface area contributed by atoms with E-state index in [1.807, 2.05) is 6.92 Å². The van der Waals surface area contributed by atoms with Crippen LogP contribution < -0.4 is 10.0 Å². The molecule has 7 nitrogen and oxygen atoms in total. The molecule has 0 aliphatic rings. The highest BCUT2D eigenvalue weighted by Gasteiger charge is 2.19. The van der Waals surface area contributed by atoms with Crippen LogP contribution in [0.25, 0.3) is 0 Å². The summed E-state index contributed by atoms with van der Waals surface area (Å²) in [5, 5.41) is 3.14. The minimum Gasteiger partial charge on any atom is -0.332 e. The van der Waals surface area contributed by atoms with Crippen LogP contribution in [0.3, 0.4) is 0 Å². The van der Waals surface area contributed by atoms with Crippen molar-refractivity contribution in [1.82, 2.24) is 4.90 Å². The van der Waals surface area contributed by atoms with Crippen molar-refractivity contribution in [2.24, 2.45) is 0 Å². The third-order valence-electron chi connectivity index (χ3n) is 4.53. The Hall–Kier alpha value is -3.36. The molecule has 0 heterocycles. The zero-order valence-corrected chi connectivity index (χ0v) is 19.1. The lowest BCUT2D eigenvalue weighted by molar-refractivity contribution is -0.116. The number of amides is 2. The fourth-order valence-corrected chi connectivity index (χ4v) is 4.20. The zero-order chi connectivity index (χ0) is 23.3. The predicted molar refractivity (Wildman–Crippen MR) is 125 cm³/mol. The first-order chi connectivity index (χ1) is 15.1. The van der Waals surface area contributed by atoms with Gasteiger partial charge < -0.3 is 10.2 Å². The largest absolute Gasteiger partial charge is 0.332 e. The van der Waals surface area contributed by atoms with Crippen LogP contribution in [-0.4, -0.2) is 38.7 Å². The first-order valence-electron chi connectivity index (χ1n) is 9.64. The molecule has 0 spiro atoms. The molecule has 2 N–H and O–H groups in total. The highest BCUT2D eigenvalue weighted by atomic mass is 35.5. The van der Waals surface area contributed by atoms with E-state index in [1.165, 1.54) is 36.2 Å². The second-order valence-electron chi connectivity index (χ2n) is 7.22. The topological polar surface area (TPSA) is 95.6 Å². The predicted octanol–water partition coefficient (Wildman–Crippen LogP) is 4.16. The molecule has 0 atom stereocenters. The van der Waals surface area contributed by atoms with Gasteiger partial charge in [-0.15, -0.1) is 0 Å². The van der Waals surface area contributed by atoms with Gasteiger partial charge >= 0.3 is 0 Å². The molecule has 32 heavy (non-hydrogen) atoms. The number of hydrogen-bond acceptors (Lipinski definition) is 4. The van der Waals surface area contributed by atoms with Crippen molar-refractivity contribution in [3.63, 3.8) is 0 Å². The first kappa shape index (κ1) is 23.3. The Bertz CT molecular complexity index is 1240. The van der Waals surface area contributed by atoms with E-state index in [0.717, 1.165) is 5.56 Å². The molecule has 9 heteroatoms. The molecule has 3 rings (SSSR count). The van der Waals surface area contributed by atoms with Gasteiger partial charge in [-0.05, 0) is 55.5 Å². The number of halogens is 1. The lowest BCUT2D eigenvalue weighted by Gasteiger charge is -2.17. The maximum absolute atomic E-state index is 12.8. The lowest BCUT2D eigenvalue weighted by Crippen LogP contribution is -2.35. The van der Waals surface area contributed by atoms with Gasteiger partial charge in [-0.3, -0.25) is 14.3 Å². The van der Waals surface area contributed by atoms with E-state index in [2.05, 4.69) is 10.0 Å². The van der Waals surface area contributed by atoms with Gasteiger partial charge in [0.2, 0.25) is 5.91 Å². The Balaban J connectivity index is 1.69. The number of carbonyl (C=O) groups is 2. The Kier molecular flexibility index (Phi) is 7.17. The number of sulfonamides is 1. The number of hydrogen-bond donors (Lipinski definition) is 2. The van der Waals surface area contributed by atoms with E-state index in [-0.39, 0.29) is 17.0 Å². The Labute approximate surface area is 192 Å². The summed E-state index contributed by atoms with van der Waals surface area (Å²) in [7, 11) is -2.42. The molecule has 3 aromatic carbocycles. The van der Waals surface area contributed by atoms with Gasteiger partial charge in [0.05, 0.1) is 11.4 Å². The summed E-state index contributed by atoms with van der Waals surface area (Å²) in [5.41, 5.74) is 2.08. The van der Waals surface area contributed by atoms with Gasteiger partial charge in [-0.2, -0.15) is 0 Å². The fourth-order valence-electron chi connectivity index (χ4n) is 2.91. The van der Waals surface area contributed by atoms with Crippen LogP contribution in [0.2, 0.25) is 5.02 Å². The number of carbonyl (C=O) groups excluding carboxylic acids is 2. The quantitative estimate of drug-likeness (QED) is 0.540. The molecule has 3 aromatic rings. The number of anilines is 2. The smallest absolute Gasteiger partial charge is 0.261 e. The standard InChI is InChI=1S/C23H22ClN3O4S/c1-16-9-11-19(12-10-16)26-32(30,31)21-8-3-5-17(13-21)23(29)27(2)15-22(28)25-20-7-4-6-18(24)14-20/h3-14,26H,15H2,1-2H3,(H,25,28). The van der Waals surface area contributed by atoms with Crippen molar-refractivity contribution >= 4 is 44.8 Å². The molecule has 166 valence electrons. The number of nitrogens with zero attached hydrogens (tertiary/aromatic N) is 1. The number of aryl methyl sites for hydroxylation is 1. The van der Waals surface area contributed by atoms with Gasteiger partial charge in [-0.1, -0.05) is 41.4 Å². The van der Waals surface area contributed by atoms with E-state index in [0.29, 0.717) is 16.4 Å². The second-order valence-corrected chi connectivity index (χ2v) is 9.34. The summed E-state index contributed by atoms with van der Waals surface area (Å²) in [6, 6.07) is 19.2. The van der Waals surface area contributed by atoms with Crippen LogP contribution in [0.15, 0.2) is 77.7 Å². The lowest BCUT2D eigenvalue weighted by atomic mass is 10.2. The maximum Gasteiger partial charge on any atom is 0.261 e. The third kappa shape index (κ3) is 6.09. The van der Waals surface area contributed by atoms with E-state index in [9.17, 15) is 18.0 Å². The summed E-state index contributed by atoms with van der Waals surface area (Å²) in [4.78, 5) is 26.2. The minimum atomic E-state index is -3.89. The molecule has 0 unspecified atom stereocenters. The zero-order valence-electron chi connectivity index (χ0n) is 17.5. The van der Waals surface area contributed by atoms with Crippen molar-refractivity contribution in [3.05, 3.63) is 88.9 Å². The fraction of sp³-hybridized carbons (Fsp3) is 0.130. The Morgan fingerprint density at radius 3 is 2.31 bits per heavy atom. The Morgan fingerprint density at radius 2 is 1.62 bits per heavy atom. The minimum absolute atomic E-state index is 0.0549. The Morgan fingerprint density at radius 1 is 0.938 bits per heavy atom. The molecule has 0 saturated heterocycles. The van der Waals surface area contributed by atoms with Gasteiger partial charge in [0, 0.05) is 29.0 Å². The van der Waals surface area contributed by atoms with Gasteiger partial charge in [0.25, 0.3) is 15.9 Å². The van der Waals surface area contributed by atoms with E-state index in [4.69, 9.17) is 11.6 Å². The van der Waals surface area contributed by atoms with Crippen LogP contribution in [0.1, 0.15) is 15.9 Å². The number of nitrogens with one attached hydrogen (secondary N) is 2. The monoisotopic (exact) mass is 471 g/mol. The second kappa shape index (κ2) is 9.84. The molecule has 0 saturated carbocycles. The highest BCUT2D eigenvalue weighted by molar-refractivity contribution is 7.92. The summed E-state index contributed by atoms with van der Waals surface area (Å²) < 4.78 is 28.0. The summed E-state index contributed by atoms with van der Waals surface area (Å²) >= 11 is 5.90. The normalized spacial score (nSPS) is 11.0. The molecular weight excluding hydrogens is 450 g/mol. The first-order valence-corrected chi connectivity index (χ1v) is 11.5. The third-order valence-corrected chi connectivity index (χ3v) is 6.14. The average molecular weight is 472 g/mol. The molecule has 0 aliphatic carbocycles. The van der Waals surface area contributed by atoms with Crippen molar-refractivity contribution in [3.8, 4) is 0 Å². The summed E-state index contributed by atoms with van der Waals surface area (Å²) in [6.07, 6.45) is 0. The average Bonchev–Trinajstić information content (AvgIpc) is 2.74. The van der Waals surface area contributed by atoms with Crippen LogP contribution in [0.5, 0.6) is 0 Å². The summed E-state index contributed by atoms with van der Waals surface area (Å²) in [5.74, 6) is -0.897. The number of benzene rings is 3. The van der Waals surface area contributed by atoms with Gasteiger partial charge in [0.1, 0.15) is 0 Å². The molecule has 0 aliphatic heterocycles. The van der Waals surface area contributed by atoms with Gasteiger partial charge in [-0.25, -0.2) is 8.42 Å². The van der Waals surface area contributed by atoms with Crippen LogP contribution in [0.4, 0.5) is 11.4 Å². The number of rotatable bonds is 7. The molecule has 0 radical (unpaired) electrons. The van der Waals surface area contributed by atoms with Crippen molar-refractivity contribution in [1.29, 1.82) is 0 Å². The van der Waals surface area contributed by atoms with Crippen LogP contribution in [-0.2, 0) is 14.8 Å². The van der Waals surface area contributed by atoms with Crippen molar-refractivity contribution < 1.29 is 18.0 Å². The molecule has 0 bridgehead atoms. The number of likely N-dealkylation sites (N-methyl/N-ethyl adjacent to an activating group) is 1. The molecule has 0 fully saturated rings. The molecular formula is C23H22ClN3O4S. The van der Waals surface area contributed by atoms with Gasteiger partial charge in [0.15, 0.2) is 0 Å². The highest BCUT2D eigenvalue weighted by Crippen LogP contribution is 2.19. The van der Waals surface area contributed by atoms with Crippen LogP contribution >= 0.6 is 11.6 Å². The summed E-state index contributed by atoms with van der Waals surface area (Å²) in [6.45, 7) is 1.68. The van der Waals surface area contributed by atoms with E-state index < -0.39 is 21.8 Å². The molecule has 0 aromatic heterocycles.